The maximum atomic E-state index is 9.18. The Labute approximate surface area is 275 Å². The van der Waals surface area contributed by atoms with E-state index in [4.69, 9.17) is 0 Å². The van der Waals surface area contributed by atoms with Crippen molar-refractivity contribution in [2.75, 3.05) is 0 Å². The molecule has 224 valence electrons. The predicted octanol–water partition coefficient (Wildman–Crippen LogP) is 11.7. The lowest BCUT2D eigenvalue weighted by Crippen LogP contribution is -1.97. The molecule has 0 atom stereocenters. The fraction of sp³-hybridized carbons (Fsp3) is 0.0227. The molecule has 0 radical (unpaired) electrons. The van der Waals surface area contributed by atoms with Crippen molar-refractivity contribution in [2.45, 2.75) is 6.92 Å². The molecule has 2 heterocycles. The highest BCUT2D eigenvalue weighted by Crippen LogP contribution is 2.38. The number of hydrogen-bond donors (Lipinski definition) is 0. The molecule has 3 nitrogen and oxygen atoms in total. The fourth-order valence-electron chi connectivity index (χ4n) is 6.65. The summed E-state index contributed by atoms with van der Waals surface area (Å²) in [5.74, 6) is 0. The van der Waals surface area contributed by atoms with Gasteiger partial charge < -0.3 is 9.13 Å². The molecule has 0 unspecified atom stereocenters. The Morgan fingerprint density at radius 3 is 1.77 bits per heavy atom. The summed E-state index contributed by atoms with van der Waals surface area (Å²) in [4.78, 5) is 0. The molecule has 0 saturated carbocycles. The van der Waals surface area contributed by atoms with E-state index in [2.05, 4.69) is 132 Å². The molecule has 47 heavy (non-hydrogen) atoms. The second-order valence-corrected chi connectivity index (χ2v) is 11.4. The molecular weight excluding hydrogens is 571 g/mol. The number of benzene rings is 5. The largest absolute Gasteiger partial charge is 0.309 e. The van der Waals surface area contributed by atoms with Crippen LogP contribution in [0, 0.1) is 11.3 Å². The van der Waals surface area contributed by atoms with Crippen molar-refractivity contribution in [3.63, 3.8) is 0 Å². The van der Waals surface area contributed by atoms with E-state index in [1.165, 1.54) is 0 Å². The van der Waals surface area contributed by atoms with Gasteiger partial charge in [-0.25, -0.2) is 0 Å². The molecule has 0 N–H and O–H groups in total. The first kappa shape index (κ1) is 29.3. The van der Waals surface area contributed by atoms with Gasteiger partial charge >= 0.3 is 0 Å². The summed E-state index contributed by atoms with van der Waals surface area (Å²) in [6, 6.07) is 42.2. The quantitative estimate of drug-likeness (QED) is 0.170. The maximum absolute atomic E-state index is 9.18. The van der Waals surface area contributed by atoms with Crippen LogP contribution in [0.5, 0.6) is 0 Å². The molecule has 7 aromatic rings. The minimum atomic E-state index is 0.652. The molecule has 0 aliphatic carbocycles. The minimum Gasteiger partial charge on any atom is -0.309 e. The van der Waals surface area contributed by atoms with E-state index >= 15 is 0 Å². The second kappa shape index (κ2) is 12.2. The van der Waals surface area contributed by atoms with Crippen LogP contribution in [0.4, 0.5) is 0 Å². The highest BCUT2D eigenvalue weighted by molar-refractivity contribution is 6.00. The lowest BCUT2D eigenvalue weighted by molar-refractivity contribution is 1.10. The molecule has 7 rings (SSSR count). The zero-order valence-corrected chi connectivity index (χ0v) is 26.3. The summed E-state index contributed by atoms with van der Waals surface area (Å²) < 4.78 is 4.56. The first-order chi connectivity index (χ1) is 23.1. The van der Waals surface area contributed by atoms with Crippen LogP contribution in [-0.2, 0) is 0 Å². The van der Waals surface area contributed by atoms with Gasteiger partial charge in [0, 0.05) is 33.3 Å². The molecule has 0 spiro atoms. The number of allylic oxidation sites excluding steroid dienone is 1. The molecule has 3 heteroatoms. The van der Waals surface area contributed by atoms with E-state index < -0.39 is 0 Å². The van der Waals surface area contributed by atoms with Crippen LogP contribution in [0.25, 0.3) is 79.7 Å². The number of aromatic nitrogens is 2. The Morgan fingerprint density at radius 1 is 0.553 bits per heavy atom. The maximum Gasteiger partial charge on any atom is 0.0991 e. The molecule has 0 aliphatic rings. The first-order valence-electron chi connectivity index (χ1n) is 15.6. The zero-order valence-electron chi connectivity index (χ0n) is 26.3. The SMILES string of the molecule is C=Cc1c(C=C)n(-c2ccc(-c3ccc(C#N)cc3)cc2)c2cc(-c3ccc4c(c3)c(C=C)c(/C=C\C)n4-c3ccccc3)ccc12. The van der Waals surface area contributed by atoms with Gasteiger partial charge in [0.05, 0.1) is 34.1 Å². The molecule has 0 fully saturated rings. The van der Waals surface area contributed by atoms with Gasteiger partial charge in [-0.15, -0.1) is 0 Å². The Hall–Kier alpha value is -6.37. The van der Waals surface area contributed by atoms with Crippen LogP contribution in [-0.4, -0.2) is 9.13 Å². The van der Waals surface area contributed by atoms with Gasteiger partial charge in [-0.05, 0) is 95.9 Å². The third-order valence-electron chi connectivity index (χ3n) is 8.84. The zero-order chi connectivity index (χ0) is 32.5. The van der Waals surface area contributed by atoms with Gasteiger partial charge in [-0.3, -0.25) is 0 Å². The van der Waals surface area contributed by atoms with Crippen LogP contribution in [0.15, 0.2) is 141 Å². The highest BCUT2D eigenvalue weighted by atomic mass is 15.0. The van der Waals surface area contributed by atoms with E-state index in [0.717, 1.165) is 77.9 Å². The Balaban J connectivity index is 1.38. The van der Waals surface area contributed by atoms with Crippen molar-refractivity contribution in [1.29, 1.82) is 5.26 Å². The summed E-state index contributed by atoms with van der Waals surface area (Å²) in [6.07, 6.45) is 10.0. The van der Waals surface area contributed by atoms with Gasteiger partial charge in [0.2, 0.25) is 0 Å². The summed E-state index contributed by atoms with van der Waals surface area (Å²) >= 11 is 0. The van der Waals surface area contributed by atoms with Crippen molar-refractivity contribution in [3.05, 3.63) is 169 Å². The molecule has 5 aromatic carbocycles. The van der Waals surface area contributed by atoms with Crippen LogP contribution in [0.2, 0.25) is 0 Å². The average molecular weight is 604 g/mol. The lowest BCUT2D eigenvalue weighted by Gasteiger charge is -2.12. The molecular formula is C44H33N3. The number of para-hydroxylation sites is 1. The average Bonchev–Trinajstić information content (AvgIpc) is 3.62. The van der Waals surface area contributed by atoms with Gasteiger partial charge in [-0.2, -0.15) is 5.26 Å². The summed E-state index contributed by atoms with van der Waals surface area (Å²) in [6.45, 7) is 14.6. The van der Waals surface area contributed by atoms with Crippen molar-refractivity contribution in [1.82, 2.24) is 9.13 Å². The third kappa shape index (κ3) is 4.94. The van der Waals surface area contributed by atoms with E-state index in [-0.39, 0.29) is 0 Å². The summed E-state index contributed by atoms with van der Waals surface area (Å²) in [5, 5.41) is 11.5. The molecule has 0 amide bonds. The van der Waals surface area contributed by atoms with Crippen LogP contribution < -0.4 is 0 Å². The van der Waals surface area contributed by atoms with E-state index in [1.54, 1.807) is 0 Å². The monoisotopic (exact) mass is 603 g/mol. The van der Waals surface area contributed by atoms with Gasteiger partial charge in [0.15, 0.2) is 0 Å². The Morgan fingerprint density at radius 2 is 1.13 bits per heavy atom. The van der Waals surface area contributed by atoms with E-state index in [1.807, 2.05) is 55.5 Å². The predicted molar refractivity (Wildman–Crippen MR) is 201 cm³/mol. The van der Waals surface area contributed by atoms with E-state index in [0.29, 0.717) is 5.56 Å². The number of hydrogen-bond acceptors (Lipinski definition) is 1. The normalized spacial score (nSPS) is 11.2. The van der Waals surface area contributed by atoms with Crippen molar-refractivity contribution in [2.24, 2.45) is 0 Å². The topological polar surface area (TPSA) is 33.6 Å². The van der Waals surface area contributed by atoms with Gasteiger partial charge in [0.25, 0.3) is 0 Å². The summed E-state index contributed by atoms with van der Waals surface area (Å²) in [7, 11) is 0. The third-order valence-corrected chi connectivity index (χ3v) is 8.84. The first-order valence-corrected chi connectivity index (χ1v) is 15.6. The summed E-state index contributed by atoms with van der Waals surface area (Å²) in [5.41, 5.74) is 13.7. The minimum absolute atomic E-state index is 0.652. The van der Waals surface area contributed by atoms with Crippen molar-refractivity contribution >= 4 is 46.1 Å². The molecule has 0 aliphatic heterocycles. The smallest absolute Gasteiger partial charge is 0.0991 e. The second-order valence-electron chi connectivity index (χ2n) is 11.4. The van der Waals surface area contributed by atoms with Crippen LogP contribution in [0.1, 0.15) is 35.0 Å². The van der Waals surface area contributed by atoms with Crippen molar-refractivity contribution in [3.8, 4) is 39.7 Å². The molecule has 0 bridgehead atoms. The van der Waals surface area contributed by atoms with Gasteiger partial charge in [0.1, 0.15) is 0 Å². The number of nitriles is 1. The number of nitrogens with zero attached hydrogens (tertiary/aromatic N) is 3. The van der Waals surface area contributed by atoms with Crippen molar-refractivity contribution < 1.29 is 0 Å². The lowest BCUT2D eigenvalue weighted by atomic mass is 10.00. The Bertz CT molecular complexity index is 2390. The number of fused-ring (bicyclic) bond motifs is 2. The molecule has 2 aromatic heterocycles. The standard InChI is InChI=1S/C44H33N3/c1-5-12-42-38(7-3)40-27-33(22-26-43(40)47(42)35-13-10-9-11-14-35)34-21-25-39-37(6-2)41(8-4)46(44(39)28-34)36-23-19-32(20-24-36)31-17-15-30(29-45)16-18-31/h5-28H,2-4H2,1H3/b12-5-. The van der Waals surface area contributed by atoms with Gasteiger partial charge in [-0.1, -0.05) is 98.6 Å². The van der Waals surface area contributed by atoms with Crippen LogP contribution >= 0.6 is 0 Å². The highest BCUT2D eigenvalue weighted by Gasteiger charge is 2.18. The molecule has 0 saturated heterocycles. The van der Waals surface area contributed by atoms with E-state index in [9.17, 15) is 5.26 Å². The number of rotatable bonds is 8. The Kier molecular flexibility index (Phi) is 7.62. The van der Waals surface area contributed by atoms with Crippen LogP contribution in [0.3, 0.4) is 0 Å². The fourth-order valence-corrected chi connectivity index (χ4v) is 6.65.